The number of hydrogen-bond acceptors (Lipinski definition) is 2. The summed E-state index contributed by atoms with van der Waals surface area (Å²) >= 11 is 0. The predicted octanol–water partition coefficient (Wildman–Crippen LogP) is 16.3. The largest absolute Gasteiger partial charge is 0.310 e. The zero-order chi connectivity index (χ0) is 41.7. The maximum absolute atomic E-state index is 2.48. The summed E-state index contributed by atoms with van der Waals surface area (Å²) in [5.41, 5.74) is 21.2. The number of nitrogens with zero attached hydrogens (tertiary/aromatic N) is 2. The van der Waals surface area contributed by atoms with E-state index in [9.17, 15) is 0 Å². The van der Waals surface area contributed by atoms with Gasteiger partial charge in [0.1, 0.15) is 0 Å². The van der Waals surface area contributed by atoms with Gasteiger partial charge < -0.3 is 9.80 Å². The zero-order valence-electron chi connectivity index (χ0n) is 34.6. The van der Waals surface area contributed by atoms with Crippen LogP contribution in [0.4, 0.5) is 34.1 Å². The van der Waals surface area contributed by atoms with Crippen molar-refractivity contribution in [1.29, 1.82) is 0 Å². The fourth-order valence-electron chi connectivity index (χ4n) is 10.4. The molecule has 296 valence electrons. The molecule has 10 aromatic carbocycles. The lowest BCUT2D eigenvalue weighted by atomic mass is 9.69. The van der Waals surface area contributed by atoms with Crippen LogP contribution in [0.5, 0.6) is 0 Å². The van der Waals surface area contributed by atoms with Gasteiger partial charge in [0.25, 0.3) is 0 Å². The Morgan fingerprint density at radius 3 is 1.17 bits per heavy atom. The lowest BCUT2D eigenvalue weighted by Gasteiger charge is -2.36. The third-order valence-electron chi connectivity index (χ3n) is 13.1. The van der Waals surface area contributed by atoms with Crippen LogP contribution in [0.3, 0.4) is 0 Å². The molecule has 0 aromatic heterocycles. The number of para-hydroxylation sites is 3. The molecule has 10 aromatic rings. The molecule has 1 atom stereocenters. The van der Waals surface area contributed by atoms with E-state index in [0.29, 0.717) is 0 Å². The molecule has 0 aliphatic heterocycles. The normalized spacial score (nSPS) is 14.1. The molecule has 0 fully saturated rings. The molecule has 1 unspecified atom stereocenters. The molecule has 2 aliphatic carbocycles. The molecular formula is C61H42N2. The second-order valence-electron chi connectivity index (χ2n) is 16.4. The molecule has 0 N–H and O–H groups in total. The van der Waals surface area contributed by atoms with Gasteiger partial charge in [0.05, 0.1) is 11.1 Å². The molecule has 12 rings (SSSR count). The summed E-state index contributed by atoms with van der Waals surface area (Å²) in [6.45, 7) is 0. The second kappa shape index (κ2) is 15.1. The summed E-state index contributed by atoms with van der Waals surface area (Å²) in [6, 6.07) is 93.2. The van der Waals surface area contributed by atoms with Crippen molar-refractivity contribution in [2.24, 2.45) is 0 Å². The van der Waals surface area contributed by atoms with Gasteiger partial charge in [-0.1, -0.05) is 188 Å². The van der Waals surface area contributed by atoms with Crippen LogP contribution in [0, 0.1) is 0 Å². The molecule has 0 radical (unpaired) electrons. The number of benzene rings is 10. The van der Waals surface area contributed by atoms with E-state index in [2.05, 4.69) is 265 Å². The average Bonchev–Trinajstić information content (AvgIpc) is 3.83. The molecule has 0 saturated carbocycles. The van der Waals surface area contributed by atoms with Crippen LogP contribution < -0.4 is 9.80 Å². The van der Waals surface area contributed by atoms with Gasteiger partial charge in [-0.25, -0.2) is 0 Å². The first-order valence-corrected chi connectivity index (χ1v) is 21.8. The number of rotatable bonds is 8. The third-order valence-corrected chi connectivity index (χ3v) is 13.1. The molecule has 2 aliphatic rings. The Balaban J connectivity index is 1.05. The molecular weight excluding hydrogens is 761 g/mol. The summed E-state index contributed by atoms with van der Waals surface area (Å²) in [6.07, 6.45) is 0. The van der Waals surface area contributed by atoms with Crippen molar-refractivity contribution < 1.29 is 0 Å². The SMILES string of the molecule is c1ccc(-c2ccc(-c3ccc(N(c4ccccc4)c4ccc5c(c4)C4(c6ccccc6-5)c5ccccc5-c5cccc(N(c6ccccc6)c6ccccc6)c54)cc3)cc2)cc1. The molecule has 0 saturated heterocycles. The first-order valence-electron chi connectivity index (χ1n) is 21.8. The number of anilines is 6. The third kappa shape index (κ3) is 5.87. The van der Waals surface area contributed by atoms with Gasteiger partial charge in [-0.2, -0.15) is 0 Å². The van der Waals surface area contributed by atoms with E-state index < -0.39 is 5.41 Å². The molecule has 0 heterocycles. The molecule has 0 amide bonds. The lowest BCUT2D eigenvalue weighted by Crippen LogP contribution is -2.28. The summed E-state index contributed by atoms with van der Waals surface area (Å²) in [5.74, 6) is 0. The van der Waals surface area contributed by atoms with Crippen molar-refractivity contribution in [3.05, 3.63) is 277 Å². The van der Waals surface area contributed by atoms with E-state index >= 15 is 0 Å². The van der Waals surface area contributed by atoms with E-state index in [4.69, 9.17) is 0 Å². The summed E-state index contributed by atoms with van der Waals surface area (Å²) in [5, 5.41) is 0. The Morgan fingerprint density at radius 1 is 0.238 bits per heavy atom. The van der Waals surface area contributed by atoms with E-state index in [1.54, 1.807) is 0 Å². The Morgan fingerprint density at radius 2 is 0.619 bits per heavy atom. The van der Waals surface area contributed by atoms with Crippen LogP contribution in [0.25, 0.3) is 44.5 Å². The Bertz CT molecular complexity index is 3200. The van der Waals surface area contributed by atoms with Crippen LogP contribution in [-0.4, -0.2) is 0 Å². The molecule has 63 heavy (non-hydrogen) atoms. The van der Waals surface area contributed by atoms with Crippen LogP contribution in [0.1, 0.15) is 22.3 Å². The smallest absolute Gasteiger partial charge is 0.0746 e. The van der Waals surface area contributed by atoms with Gasteiger partial charge in [-0.3, -0.25) is 0 Å². The highest BCUT2D eigenvalue weighted by molar-refractivity contribution is 6.00. The number of fused-ring (bicyclic) bond motifs is 10. The highest BCUT2D eigenvalue weighted by Crippen LogP contribution is 2.66. The molecule has 1 spiro atoms. The van der Waals surface area contributed by atoms with Crippen molar-refractivity contribution in [3.8, 4) is 44.5 Å². The maximum Gasteiger partial charge on any atom is 0.0746 e. The molecule has 2 nitrogen and oxygen atoms in total. The summed E-state index contributed by atoms with van der Waals surface area (Å²) < 4.78 is 0. The van der Waals surface area contributed by atoms with Gasteiger partial charge in [-0.15, -0.1) is 0 Å². The minimum atomic E-state index is -0.593. The highest BCUT2D eigenvalue weighted by atomic mass is 15.2. The predicted molar refractivity (Wildman–Crippen MR) is 263 cm³/mol. The van der Waals surface area contributed by atoms with E-state index in [-0.39, 0.29) is 0 Å². The van der Waals surface area contributed by atoms with Crippen molar-refractivity contribution in [1.82, 2.24) is 0 Å². The topological polar surface area (TPSA) is 6.48 Å². The minimum absolute atomic E-state index is 0.593. The first kappa shape index (κ1) is 36.6. The van der Waals surface area contributed by atoms with Crippen molar-refractivity contribution in [3.63, 3.8) is 0 Å². The monoisotopic (exact) mass is 802 g/mol. The first-order chi connectivity index (χ1) is 31.3. The summed E-state index contributed by atoms with van der Waals surface area (Å²) in [4.78, 5) is 4.86. The zero-order valence-corrected chi connectivity index (χ0v) is 34.6. The van der Waals surface area contributed by atoms with E-state index in [1.165, 1.54) is 72.4 Å². The fourth-order valence-corrected chi connectivity index (χ4v) is 10.4. The van der Waals surface area contributed by atoms with Crippen LogP contribution in [0.2, 0.25) is 0 Å². The van der Waals surface area contributed by atoms with Crippen LogP contribution >= 0.6 is 0 Å². The average molecular weight is 803 g/mol. The second-order valence-corrected chi connectivity index (χ2v) is 16.4. The lowest BCUT2D eigenvalue weighted by molar-refractivity contribution is 0.793. The van der Waals surface area contributed by atoms with Gasteiger partial charge in [0.15, 0.2) is 0 Å². The van der Waals surface area contributed by atoms with Crippen molar-refractivity contribution in [2.75, 3.05) is 9.80 Å². The van der Waals surface area contributed by atoms with Gasteiger partial charge in [0.2, 0.25) is 0 Å². The van der Waals surface area contributed by atoms with Crippen molar-refractivity contribution >= 4 is 34.1 Å². The van der Waals surface area contributed by atoms with Crippen LogP contribution in [0.15, 0.2) is 255 Å². The van der Waals surface area contributed by atoms with Crippen LogP contribution in [-0.2, 0) is 5.41 Å². The van der Waals surface area contributed by atoms with Gasteiger partial charge in [0, 0.05) is 34.0 Å². The number of hydrogen-bond donors (Lipinski definition) is 0. The van der Waals surface area contributed by atoms with Crippen molar-refractivity contribution in [2.45, 2.75) is 5.41 Å². The quantitative estimate of drug-likeness (QED) is 0.151. The Kier molecular flexibility index (Phi) is 8.76. The van der Waals surface area contributed by atoms with Gasteiger partial charge >= 0.3 is 0 Å². The fraction of sp³-hybridized carbons (Fsp3) is 0.0164. The molecule has 2 heteroatoms. The maximum atomic E-state index is 2.48. The standard InChI is InChI=1S/C61H42N2/c1-5-18-43(19-6-1)44-32-34-45(35-33-44)46-36-38-50(39-37-46)62(47-20-7-2-8-21-47)51-40-41-54-52-26-13-15-29-56(52)61(58(54)42-51)57-30-16-14-27-53(57)55-28-17-31-59(60(55)61)63(48-22-9-3-10-23-48)49-24-11-4-12-25-49/h1-42H. The minimum Gasteiger partial charge on any atom is -0.310 e. The van der Waals surface area contributed by atoms with E-state index in [0.717, 1.165) is 28.4 Å². The molecule has 0 bridgehead atoms. The summed E-state index contributed by atoms with van der Waals surface area (Å²) in [7, 11) is 0. The van der Waals surface area contributed by atoms with E-state index in [1.807, 2.05) is 0 Å². The Labute approximate surface area is 369 Å². The van der Waals surface area contributed by atoms with Gasteiger partial charge in [-0.05, 0) is 128 Å². The Hall–Kier alpha value is -8.20. The highest BCUT2D eigenvalue weighted by Gasteiger charge is 2.53.